The van der Waals surface area contributed by atoms with E-state index in [0.29, 0.717) is 28.7 Å². The van der Waals surface area contributed by atoms with Crippen LogP contribution in [-0.4, -0.2) is 23.1 Å². The molecule has 2 aromatic rings. The van der Waals surface area contributed by atoms with Crippen LogP contribution in [0.15, 0.2) is 24.4 Å². The fraction of sp³-hybridized carbons (Fsp3) is 0.286. The van der Waals surface area contributed by atoms with Crippen LogP contribution in [-0.2, 0) is 6.18 Å². The van der Waals surface area contributed by atoms with Crippen LogP contribution in [0.3, 0.4) is 0 Å². The van der Waals surface area contributed by atoms with E-state index in [4.69, 9.17) is 28.9 Å². The van der Waals surface area contributed by atoms with Gasteiger partial charge < -0.3 is 16.4 Å². The van der Waals surface area contributed by atoms with Crippen molar-refractivity contribution < 1.29 is 13.2 Å². The second-order valence-corrected chi connectivity index (χ2v) is 5.59. The highest BCUT2D eigenvalue weighted by atomic mass is 35.5. The smallest absolute Gasteiger partial charge is 0.369 e. The number of hydrogen-bond acceptors (Lipinski definition) is 5. The van der Waals surface area contributed by atoms with Crippen molar-refractivity contribution in [3.05, 3.63) is 40.0 Å². The summed E-state index contributed by atoms with van der Waals surface area (Å²) >= 11 is 11.7. The molecule has 0 saturated carbocycles. The van der Waals surface area contributed by atoms with Gasteiger partial charge in [-0.1, -0.05) is 23.2 Å². The van der Waals surface area contributed by atoms with Crippen molar-refractivity contribution in [3.63, 3.8) is 0 Å². The molecule has 0 aliphatic carbocycles. The lowest BCUT2D eigenvalue weighted by molar-refractivity contribution is -0.137. The van der Waals surface area contributed by atoms with Gasteiger partial charge in [-0.3, -0.25) is 0 Å². The lowest BCUT2D eigenvalue weighted by Gasteiger charge is -2.14. The molecule has 24 heavy (non-hydrogen) atoms. The Morgan fingerprint density at radius 3 is 2.54 bits per heavy atom. The Labute approximate surface area is 146 Å². The number of rotatable bonds is 6. The van der Waals surface area contributed by atoms with Crippen LogP contribution in [0.5, 0.6) is 0 Å². The van der Waals surface area contributed by atoms with Gasteiger partial charge in [-0.25, -0.2) is 4.98 Å². The van der Waals surface area contributed by atoms with Gasteiger partial charge in [0.25, 0.3) is 0 Å². The van der Waals surface area contributed by atoms with E-state index in [0.717, 1.165) is 6.20 Å². The SMILES string of the molecule is NCCCNc1nc(Nc2ccc(Cl)c(Cl)c2)ncc1C(F)(F)F. The first-order valence-corrected chi connectivity index (χ1v) is 7.67. The van der Waals surface area contributed by atoms with Gasteiger partial charge in [0, 0.05) is 18.4 Å². The number of nitrogens with one attached hydrogen (secondary N) is 2. The van der Waals surface area contributed by atoms with Crippen LogP contribution in [0, 0.1) is 0 Å². The maximum atomic E-state index is 13.0. The maximum Gasteiger partial charge on any atom is 0.421 e. The molecule has 0 amide bonds. The van der Waals surface area contributed by atoms with Gasteiger partial charge in [-0.05, 0) is 31.2 Å². The molecule has 0 aliphatic rings. The second kappa shape index (κ2) is 7.87. The van der Waals surface area contributed by atoms with Crippen LogP contribution in [0.2, 0.25) is 10.0 Å². The van der Waals surface area contributed by atoms with E-state index < -0.39 is 11.7 Å². The Hall–Kier alpha value is -1.77. The molecule has 0 saturated heterocycles. The average Bonchev–Trinajstić information content (AvgIpc) is 2.50. The Morgan fingerprint density at radius 2 is 1.92 bits per heavy atom. The molecule has 0 fully saturated rings. The number of halogens is 5. The van der Waals surface area contributed by atoms with Crippen LogP contribution >= 0.6 is 23.2 Å². The van der Waals surface area contributed by atoms with E-state index >= 15 is 0 Å². The zero-order valence-corrected chi connectivity index (χ0v) is 13.8. The first-order chi connectivity index (χ1) is 11.3. The molecule has 10 heteroatoms. The van der Waals surface area contributed by atoms with Gasteiger partial charge in [0.15, 0.2) is 0 Å². The number of benzene rings is 1. The predicted molar refractivity (Wildman–Crippen MR) is 88.9 cm³/mol. The van der Waals surface area contributed by atoms with Crippen LogP contribution in [0.25, 0.3) is 0 Å². The third-order valence-corrected chi connectivity index (χ3v) is 3.68. The Balaban J connectivity index is 2.27. The molecular weight excluding hydrogens is 366 g/mol. The molecule has 1 aromatic carbocycles. The van der Waals surface area contributed by atoms with Gasteiger partial charge >= 0.3 is 6.18 Å². The molecular formula is C14H14Cl2F3N5. The fourth-order valence-electron chi connectivity index (χ4n) is 1.80. The van der Waals surface area contributed by atoms with Gasteiger partial charge in [-0.2, -0.15) is 18.2 Å². The van der Waals surface area contributed by atoms with Crippen molar-refractivity contribution in [2.45, 2.75) is 12.6 Å². The van der Waals surface area contributed by atoms with Gasteiger partial charge in [0.2, 0.25) is 5.95 Å². The van der Waals surface area contributed by atoms with Crippen molar-refractivity contribution in [1.82, 2.24) is 9.97 Å². The highest BCUT2D eigenvalue weighted by Gasteiger charge is 2.35. The summed E-state index contributed by atoms with van der Waals surface area (Å²) in [5.41, 5.74) is 4.90. The predicted octanol–water partition coefficient (Wildman–Crippen LogP) is 4.31. The van der Waals surface area contributed by atoms with Gasteiger partial charge in [0.05, 0.1) is 10.0 Å². The zero-order chi connectivity index (χ0) is 17.7. The van der Waals surface area contributed by atoms with Gasteiger partial charge in [-0.15, -0.1) is 0 Å². The lowest BCUT2D eigenvalue weighted by atomic mass is 10.3. The lowest BCUT2D eigenvalue weighted by Crippen LogP contribution is -2.16. The van der Waals surface area contributed by atoms with Crippen LogP contribution in [0.1, 0.15) is 12.0 Å². The molecule has 0 unspecified atom stereocenters. The molecule has 130 valence electrons. The van der Waals surface area contributed by atoms with Crippen molar-refractivity contribution in [3.8, 4) is 0 Å². The number of anilines is 3. The third-order valence-electron chi connectivity index (χ3n) is 2.94. The molecule has 0 atom stereocenters. The topological polar surface area (TPSA) is 75.9 Å². The molecule has 0 spiro atoms. The fourth-order valence-corrected chi connectivity index (χ4v) is 2.09. The minimum absolute atomic E-state index is 0.00311. The summed E-state index contributed by atoms with van der Waals surface area (Å²) in [5.74, 6) is -0.315. The monoisotopic (exact) mass is 379 g/mol. The van der Waals surface area contributed by atoms with Crippen molar-refractivity contribution in [2.24, 2.45) is 5.73 Å². The first kappa shape index (κ1) is 18.6. The summed E-state index contributed by atoms with van der Waals surface area (Å²) in [6, 6.07) is 4.68. The molecule has 0 bridgehead atoms. The molecule has 0 radical (unpaired) electrons. The Kier molecular flexibility index (Phi) is 6.09. The minimum Gasteiger partial charge on any atom is -0.369 e. The summed E-state index contributed by atoms with van der Waals surface area (Å²) < 4.78 is 39.0. The first-order valence-electron chi connectivity index (χ1n) is 6.91. The molecule has 0 aliphatic heterocycles. The molecule has 1 heterocycles. The normalized spacial score (nSPS) is 11.4. The quantitative estimate of drug-likeness (QED) is 0.652. The summed E-state index contributed by atoms with van der Waals surface area (Å²) in [5, 5.41) is 6.07. The maximum absolute atomic E-state index is 13.0. The van der Waals surface area contributed by atoms with Gasteiger partial charge in [0.1, 0.15) is 11.4 Å². The third kappa shape index (κ3) is 4.86. The van der Waals surface area contributed by atoms with E-state index in [1.807, 2.05) is 0 Å². The zero-order valence-electron chi connectivity index (χ0n) is 12.3. The van der Waals surface area contributed by atoms with Crippen LogP contribution < -0.4 is 16.4 Å². The van der Waals surface area contributed by atoms with Crippen molar-refractivity contribution >= 4 is 40.7 Å². The van der Waals surface area contributed by atoms with Crippen molar-refractivity contribution in [2.75, 3.05) is 23.7 Å². The van der Waals surface area contributed by atoms with E-state index in [1.54, 1.807) is 12.1 Å². The van der Waals surface area contributed by atoms with E-state index in [9.17, 15) is 13.2 Å². The second-order valence-electron chi connectivity index (χ2n) is 4.78. The average molecular weight is 380 g/mol. The summed E-state index contributed by atoms with van der Waals surface area (Å²) in [4.78, 5) is 7.59. The molecule has 5 nitrogen and oxygen atoms in total. The number of hydrogen-bond donors (Lipinski definition) is 3. The summed E-state index contributed by atoms with van der Waals surface area (Å²) in [7, 11) is 0. The largest absolute Gasteiger partial charge is 0.421 e. The van der Waals surface area contributed by atoms with E-state index in [1.165, 1.54) is 6.07 Å². The number of nitrogens with zero attached hydrogens (tertiary/aromatic N) is 2. The molecule has 4 N–H and O–H groups in total. The highest BCUT2D eigenvalue weighted by Crippen LogP contribution is 2.34. The van der Waals surface area contributed by atoms with E-state index in [2.05, 4.69) is 20.6 Å². The van der Waals surface area contributed by atoms with Crippen molar-refractivity contribution in [1.29, 1.82) is 0 Å². The van der Waals surface area contributed by atoms with Crippen LogP contribution in [0.4, 0.5) is 30.6 Å². The number of aromatic nitrogens is 2. The highest BCUT2D eigenvalue weighted by molar-refractivity contribution is 6.42. The molecule has 2 rings (SSSR count). The summed E-state index contributed by atoms with van der Waals surface area (Å²) in [6.07, 6.45) is -3.33. The van der Waals surface area contributed by atoms with E-state index in [-0.39, 0.29) is 18.3 Å². The Bertz CT molecular complexity index is 709. The number of nitrogens with two attached hydrogens (primary N) is 1. The number of alkyl halides is 3. The minimum atomic E-state index is -4.56. The summed E-state index contributed by atoms with van der Waals surface area (Å²) in [6.45, 7) is 0.622. The Morgan fingerprint density at radius 1 is 1.17 bits per heavy atom. The molecule has 1 aromatic heterocycles. The standard InChI is InChI=1S/C14H14Cl2F3N5/c15-10-3-2-8(6-11(10)16)23-13-22-7-9(14(17,18)19)12(24-13)21-5-1-4-20/h2-3,6-7H,1,4-5,20H2,(H2,21,22,23,24).